The molecule has 31 heavy (non-hydrogen) atoms. The molecule has 0 unspecified atom stereocenters. The third-order valence-electron chi connectivity index (χ3n) is 6.01. The maximum Gasteiger partial charge on any atom is 0.517 e. The predicted molar refractivity (Wildman–Crippen MR) is 131 cm³/mol. The largest absolute Gasteiger partial charge is 0.875 e. The van der Waals surface area contributed by atoms with Gasteiger partial charge in [0.1, 0.15) is 0 Å². The van der Waals surface area contributed by atoms with E-state index in [-0.39, 0.29) is 17.2 Å². The van der Waals surface area contributed by atoms with Gasteiger partial charge in [0.25, 0.3) is 5.78 Å². The first-order chi connectivity index (χ1) is 14.7. The van der Waals surface area contributed by atoms with E-state index in [0.29, 0.717) is 0 Å². The summed E-state index contributed by atoms with van der Waals surface area (Å²) in [6.07, 6.45) is 0.232. The zero-order valence-corrected chi connectivity index (χ0v) is 20.2. The van der Waals surface area contributed by atoms with Crippen LogP contribution in [0.5, 0.6) is 0 Å². The van der Waals surface area contributed by atoms with Crippen LogP contribution >= 0.6 is 0 Å². The van der Waals surface area contributed by atoms with Crippen LogP contribution in [-0.2, 0) is 0 Å². The molecule has 0 spiro atoms. The normalized spacial score (nSPS) is 12.5. The Balaban J connectivity index is 2.15. The molecule has 0 aliphatic carbocycles. The van der Waals surface area contributed by atoms with Gasteiger partial charge in [0.05, 0.1) is 12.0 Å². The Bertz CT molecular complexity index is 1000. The molecule has 0 radical (unpaired) electrons. The minimum Gasteiger partial charge on any atom is -0.875 e. The number of hydrogen-bond acceptors (Lipinski definition) is 1. The van der Waals surface area contributed by atoms with Gasteiger partial charge in [0.2, 0.25) is 0 Å². The molecule has 0 N–H and O–H groups in total. The maximum absolute atomic E-state index is 13.7. The average molecular weight is 429 g/mol. The molecule has 0 saturated carbocycles. The summed E-state index contributed by atoms with van der Waals surface area (Å²) in [5, 5.41) is 13.8. The van der Waals surface area contributed by atoms with E-state index in [9.17, 15) is 5.11 Å². The summed E-state index contributed by atoms with van der Waals surface area (Å²) < 4.78 is 6.70. The van der Waals surface area contributed by atoms with Gasteiger partial charge < -0.3 is 9.22 Å². The van der Waals surface area contributed by atoms with Crippen LogP contribution in [0.25, 0.3) is 5.57 Å². The SMILES string of the molecule is CC(C)(C)[Si](C)(C)[O+]=C(CC([O-])=C(c1ccccc1)c1ccccc1)c1ccccc1. The molecule has 0 atom stereocenters. The van der Waals surface area contributed by atoms with Gasteiger partial charge in [-0.05, 0) is 28.8 Å². The van der Waals surface area contributed by atoms with Crippen LogP contribution in [0.1, 0.15) is 48.0 Å². The van der Waals surface area contributed by atoms with Crippen LogP contribution in [0.3, 0.4) is 0 Å². The summed E-state index contributed by atoms with van der Waals surface area (Å²) in [6, 6.07) is 29.8. The van der Waals surface area contributed by atoms with E-state index in [1.165, 1.54) is 0 Å². The zero-order chi connectivity index (χ0) is 22.5. The van der Waals surface area contributed by atoms with Crippen molar-refractivity contribution in [2.24, 2.45) is 0 Å². The first-order valence-electron chi connectivity index (χ1n) is 10.8. The molecule has 3 heteroatoms. The zero-order valence-electron chi connectivity index (χ0n) is 19.2. The van der Waals surface area contributed by atoms with Crippen LogP contribution < -0.4 is 5.11 Å². The number of carbonyl (C=O) groups excluding carboxylic acids is 1. The standard InChI is InChI=1S/C28H32O2Si/c1-28(2,3)31(4,5)30-26(22-15-9-6-10-16-22)21-25(29)27(23-17-11-7-12-18-23)24-19-13-8-14-20-24/h6-20H,21H2,1-5H3. The van der Waals surface area contributed by atoms with Gasteiger partial charge >= 0.3 is 8.32 Å². The second-order valence-electron chi connectivity index (χ2n) is 9.36. The Hall–Kier alpha value is -2.91. The smallest absolute Gasteiger partial charge is 0.517 e. The quantitative estimate of drug-likeness (QED) is 0.188. The Kier molecular flexibility index (Phi) is 6.96. The van der Waals surface area contributed by atoms with E-state index in [0.717, 1.165) is 28.0 Å². The fourth-order valence-corrected chi connectivity index (χ4v) is 4.33. The highest BCUT2D eigenvalue weighted by atomic mass is 28.4. The molecular formula is C28H32O2Si. The lowest BCUT2D eigenvalue weighted by atomic mass is 9.94. The topological polar surface area (TPSA) is 34.4 Å². The van der Waals surface area contributed by atoms with Gasteiger partial charge in [0.15, 0.2) is 0 Å². The number of benzene rings is 3. The van der Waals surface area contributed by atoms with Crippen molar-refractivity contribution in [1.82, 2.24) is 0 Å². The molecule has 0 amide bonds. The molecule has 0 bridgehead atoms. The van der Waals surface area contributed by atoms with Crippen molar-refractivity contribution in [2.45, 2.75) is 45.3 Å². The number of allylic oxidation sites excluding steroid dienone is 1. The summed E-state index contributed by atoms with van der Waals surface area (Å²) in [5.41, 5.74) is 3.56. The van der Waals surface area contributed by atoms with Gasteiger partial charge in [0, 0.05) is 18.1 Å². The maximum atomic E-state index is 13.7. The molecule has 3 aromatic carbocycles. The predicted octanol–water partition coefficient (Wildman–Crippen LogP) is 6.62. The van der Waals surface area contributed by atoms with Crippen LogP contribution in [-0.4, -0.2) is 14.1 Å². The average Bonchev–Trinajstić information content (AvgIpc) is 2.75. The van der Waals surface area contributed by atoms with Crippen LogP contribution in [0.4, 0.5) is 0 Å². The van der Waals surface area contributed by atoms with Gasteiger partial charge in [-0.2, -0.15) is 0 Å². The highest BCUT2D eigenvalue weighted by molar-refractivity contribution is 6.72. The van der Waals surface area contributed by atoms with E-state index < -0.39 is 8.32 Å². The Morgan fingerprint density at radius 2 is 1.10 bits per heavy atom. The number of ketones is 1. The summed E-state index contributed by atoms with van der Waals surface area (Å²) >= 11 is 0. The van der Waals surface area contributed by atoms with Crippen molar-refractivity contribution in [3.63, 3.8) is 0 Å². The third kappa shape index (κ3) is 5.62. The monoisotopic (exact) mass is 428 g/mol. The van der Waals surface area contributed by atoms with Gasteiger partial charge in [-0.3, -0.25) is 0 Å². The van der Waals surface area contributed by atoms with E-state index >= 15 is 0 Å². The molecule has 2 nitrogen and oxygen atoms in total. The Morgan fingerprint density at radius 3 is 1.48 bits per heavy atom. The van der Waals surface area contributed by atoms with E-state index in [1.807, 2.05) is 91.0 Å². The van der Waals surface area contributed by atoms with Crippen molar-refractivity contribution in [2.75, 3.05) is 0 Å². The van der Waals surface area contributed by atoms with E-state index in [2.05, 4.69) is 33.9 Å². The molecule has 0 saturated heterocycles. The van der Waals surface area contributed by atoms with E-state index in [1.54, 1.807) is 0 Å². The van der Waals surface area contributed by atoms with Crippen molar-refractivity contribution in [3.05, 3.63) is 113 Å². The molecule has 0 aromatic heterocycles. The van der Waals surface area contributed by atoms with Crippen molar-refractivity contribution < 1.29 is 9.22 Å². The van der Waals surface area contributed by atoms with Gasteiger partial charge in [-0.25, -0.2) is 0 Å². The summed E-state index contributed by atoms with van der Waals surface area (Å²) in [4.78, 5) is 0. The molecule has 0 heterocycles. The lowest BCUT2D eigenvalue weighted by Crippen LogP contribution is -2.37. The Labute approximate surface area is 187 Å². The van der Waals surface area contributed by atoms with Crippen molar-refractivity contribution in [3.8, 4) is 0 Å². The number of hydrogen-bond donors (Lipinski definition) is 0. The molecule has 160 valence electrons. The lowest BCUT2D eigenvalue weighted by Gasteiger charge is -2.23. The fraction of sp³-hybridized carbons (Fsp3) is 0.250. The summed E-state index contributed by atoms with van der Waals surface area (Å²) in [7, 11) is -2.11. The first kappa shape index (κ1) is 22.8. The summed E-state index contributed by atoms with van der Waals surface area (Å²) in [5.74, 6) is 0.830. The lowest BCUT2D eigenvalue weighted by molar-refractivity contribution is -0.303. The highest BCUT2D eigenvalue weighted by Crippen LogP contribution is 2.37. The molecule has 3 aromatic rings. The van der Waals surface area contributed by atoms with Crippen LogP contribution in [0.2, 0.25) is 18.1 Å². The fourth-order valence-electron chi connectivity index (χ4n) is 3.21. The van der Waals surface area contributed by atoms with E-state index in [4.69, 9.17) is 4.11 Å². The van der Waals surface area contributed by atoms with Crippen LogP contribution in [0, 0.1) is 0 Å². The van der Waals surface area contributed by atoms with Crippen molar-refractivity contribution in [1.29, 1.82) is 0 Å². The van der Waals surface area contributed by atoms with Crippen molar-refractivity contribution >= 4 is 19.7 Å². The van der Waals surface area contributed by atoms with Gasteiger partial charge in [-0.15, -0.1) is 5.76 Å². The molecule has 0 aliphatic heterocycles. The molecule has 0 fully saturated rings. The molecule has 3 rings (SSSR count). The second-order valence-corrected chi connectivity index (χ2v) is 14.1. The minimum absolute atomic E-state index is 0.0431. The molecular weight excluding hydrogens is 396 g/mol. The number of rotatable bonds is 6. The van der Waals surface area contributed by atoms with Crippen LogP contribution in [0.15, 0.2) is 96.8 Å². The third-order valence-corrected chi connectivity index (χ3v) is 10.4. The highest BCUT2D eigenvalue weighted by Gasteiger charge is 2.51. The van der Waals surface area contributed by atoms with Gasteiger partial charge in [-0.1, -0.05) is 99.6 Å². The minimum atomic E-state index is -2.11. The Morgan fingerprint density at radius 1 is 0.710 bits per heavy atom. The first-order valence-corrected chi connectivity index (χ1v) is 13.7. The molecule has 0 aliphatic rings. The second kappa shape index (κ2) is 9.48. The summed E-state index contributed by atoms with van der Waals surface area (Å²) in [6.45, 7) is 11.1.